The summed E-state index contributed by atoms with van der Waals surface area (Å²) in [4.78, 5) is 52.4. The van der Waals surface area contributed by atoms with Gasteiger partial charge in [-0.3, -0.25) is 24.1 Å². The first-order chi connectivity index (χ1) is 14.5. The van der Waals surface area contributed by atoms with Gasteiger partial charge in [0.2, 0.25) is 5.91 Å². The van der Waals surface area contributed by atoms with E-state index < -0.39 is 0 Å². The molecule has 0 bridgehead atoms. The molecule has 2 aliphatic rings. The molecule has 0 saturated carbocycles. The maximum Gasteiger partial charge on any atom is 0.261 e. The summed E-state index contributed by atoms with van der Waals surface area (Å²) in [6, 6.07) is 6.36. The average molecular weight is 412 g/mol. The van der Waals surface area contributed by atoms with Crippen molar-refractivity contribution >= 4 is 23.6 Å². The lowest BCUT2D eigenvalue weighted by Gasteiger charge is -2.32. The van der Waals surface area contributed by atoms with Gasteiger partial charge >= 0.3 is 0 Å². The maximum absolute atomic E-state index is 12.9. The maximum atomic E-state index is 12.9. The van der Waals surface area contributed by atoms with E-state index in [9.17, 15) is 19.2 Å². The van der Waals surface area contributed by atoms with Crippen LogP contribution in [-0.2, 0) is 9.53 Å². The molecule has 9 nitrogen and oxygen atoms in total. The molecule has 0 radical (unpaired) electrons. The lowest BCUT2D eigenvalue weighted by molar-refractivity contribution is -0.121. The highest BCUT2D eigenvalue weighted by Crippen LogP contribution is 2.25. The summed E-state index contributed by atoms with van der Waals surface area (Å²) < 4.78 is 4.97. The van der Waals surface area contributed by atoms with Crippen molar-refractivity contribution in [2.45, 2.75) is 31.7 Å². The Balaban J connectivity index is 1.63. The second kappa shape index (κ2) is 9.50. The Kier molecular flexibility index (Phi) is 6.79. The van der Waals surface area contributed by atoms with Gasteiger partial charge in [-0.2, -0.15) is 5.26 Å². The number of nitrogens with one attached hydrogen (secondary N) is 1. The molecule has 1 aromatic rings. The van der Waals surface area contributed by atoms with Crippen LogP contribution in [0.2, 0.25) is 0 Å². The number of rotatable bonds is 7. The van der Waals surface area contributed by atoms with E-state index >= 15 is 0 Å². The van der Waals surface area contributed by atoms with Crippen molar-refractivity contribution < 1.29 is 23.9 Å². The van der Waals surface area contributed by atoms with Gasteiger partial charge in [0.05, 0.1) is 17.2 Å². The Bertz CT molecular complexity index is 899. The molecule has 0 unspecified atom stereocenters. The molecule has 1 N–H and O–H groups in total. The molecule has 2 heterocycles. The number of amides is 4. The molecule has 0 aromatic heterocycles. The summed E-state index contributed by atoms with van der Waals surface area (Å²) in [6.07, 6.45) is 1.56. The SMILES string of the molecule is COCCCN1C(=O)c2ccc(C(=O)N3CCC(NC(=O)CC#N)CC3)cc2C1=O. The fourth-order valence-electron chi connectivity index (χ4n) is 3.75. The first-order valence-electron chi connectivity index (χ1n) is 9.91. The number of nitriles is 1. The number of imide groups is 1. The average Bonchev–Trinajstić information content (AvgIpc) is 2.98. The molecule has 4 amide bonds. The lowest BCUT2D eigenvalue weighted by Crippen LogP contribution is -2.46. The van der Waals surface area contributed by atoms with Crippen LogP contribution in [-0.4, -0.2) is 72.8 Å². The summed E-state index contributed by atoms with van der Waals surface area (Å²) in [5.74, 6) is -1.25. The van der Waals surface area contributed by atoms with Gasteiger partial charge in [-0.05, 0) is 37.5 Å². The fourth-order valence-corrected chi connectivity index (χ4v) is 3.75. The van der Waals surface area contributed by atoms with Gasteiger partial charge in [0.1, 0.15) is 6.42 Å². The molecule has 0 aliphatic carbocycles. The zero-order valence-corrected chi connectivity index (χ0v) is 16.8. The highest BCUT2D eigenvalue weighted by molar-refractivity contribution is 6.22. The summed E-state index contributed by atoms with van der Waals surface area (Å²) >= 11 is 0. The number of fused-ring (bicyclic) bond motifs is 1. The van der Waals surface area contributed by atoms with Gasteiger partial charge < -0.3 is 15.0 Å². The molecule has 0 atom stereocenters. The number of hydrogen-bond donors (Lipinski definition) is 1. The van der Waals surface area contributed by atoms with E-state index in [1.807, 2.05) is 6.07 Å². The topological polar surface area (TPSA) is 120 Å². The van der Waals surface area contributed by atoms with Gasteiger partial charge in [0.25, 0.3) is 17.7 Å². The van der Waals surface area contributed by atoms with E-state index in [0.717, 1.165) is 0 Å². The standard InChI is InChI=1S/C21H24N4O5/c1-30-12-2-9-25-20(28)16-4-3-14(13-17(16)21(25)29)19(27)24-10-6-15(7-11-24)23-18(26)5-8-22/h3-4,13,15H,2,5-7,9-12H2,1H3,(H,23,26). The smallest absolute Gasteiger partial charge is 0.261 e. The van der Waals surface area contributed by atoms with Crippen molar-refractivity contribution in [1.82, 2.24) is 15.1 Å². The van der Waals surface area contributed by atoms with Gasteiger partial charge in [0, 0.05) is 45.0 Å². The van der Waals surface area contributed by atoms with Crippen molar-refractivity contribution in [2.75, 3.05) is 33.4 Å². The second-order valence-electron chi connectivity index (χ2n) is 7.34. The number of hydrogen-bond acceptors (Lipinski definition) is 6. The second-order valence-corrected chi connectivity index (χ2v) is 7.34. The Labute approximate surface area is 174 Å². The van der Waals surface area contributed by atoms with Crippen molar-refractivity contribution in [3.63, 3.8) is 0 Å². The molecule has 9 heteroatoms. The van der Waals surface area contributed by atoms with E-state index in [4.69, 9.17) is 10.00 Å². The number of nitrogens with zero attached hydrogens (tertiary/aromatic N) is 3. The minimum Gasteiger partial charge on any atom is -0.385 e. The van der Waals surface area contributed by atoms with Gasteiger partial charge in [-0.25, -0.2) is 0 Å². The summed E-state index contributed by atoms with van der Waals surface area (Å²) in [5.41, 5.74) is 0.926. The quantitative estimate of drug-likeness (QED) is 0.526. The predicted octanol–water partition coefficient (Wildman–Crippen LogP) is 0.954. The van der Waals surface area contributed by atoms with Crippen LogP contribution < -0.4 is 5.32 Å². The van der Waals surface area contributed by atoms with Gasteiger partial charge in [-0.1, -0.05) is 0 Å². The zero-order chi connectivity index (χ0) is 21.7. The van der Waals surface area contributed by atoms with Crippen LogP contribution in [0.15, 0.2) is 18.2 Å². The Morgan fingerprint density at radius 1 is 1.20 bits per heavy atom. The number of carbonyl (C=O) groups excluding carboxylic acids is 4. The van der Waals surface area contributed by atoms with E-state index in [0.29, 0.717) is 50.1 Å². The number of methoxy groups -OCH3 is 1. The highest BCUT2D eigenvalue weighted by atomic mass is 16.5. The van der Waals surface area contributed by atoms with Crippen LogP contribution in [0.4, 0.5) is 0 Å². The van der Waals surface area contributed by atoms with E-state index in [1.54, 1.807) is 18.1 Å². The van der Waals surface area contributed by atoms with Crippen LogP contribution in [0.25, 0.3) is 0 Å². The third-order valence-electron chi connectivity index (χ3n) is 5.33. The van der Waals surface area contributed by atoms with E-state index in [2.05, 4.69) is 5.32 Å². The molecular formula is C21H24N4O5. The number of ether oxygens (including phenoxy) is 1. The van der Waals surface area contributed by atoms with Crippen molar-refractivity contribution in [1.29, 1.82) is 5.26 Å². The van der Waals surface area contributed by atoms with Crippen LogP contribution >= 0.6 is 0 Å². The summed E-state index contributed by atoms with van der Waals surface area (Å²) in [6.45, 7) is 1.64. The van der Waals surface area contributed by atoms with Crippen molar-refractivity contribution in [2.24, 2.45) is 0 Å². The summed E-state index contributed by atoms with van der Waals surface area (Å²) in [5, 5.41) is 11.4. The third kappa shape index (κ3) is 4.49. The molecule has 2 aliphatic heterocycles. The molecule has 0 spiro atoms. The lowest BCUT2D eigenvalue weighted by atomic mass is 10.0. The number of carbonyl (C=O) groups is 4. The van der Waals surface area contributed by atoms with Gasteiger partial charge in [0.15, 0.2) is 0 Å². The molecule has 158 valence electrons. The molecule has 1 fully saturated rings. The first-order valence-corrected chi connectivity index (χ1v) is 9.91. The minimum atomic E-state index is -0.389. The summed E-state index contributed by atoms with van der Waals surface area (Å²) in [7, 11) is 1.56. The number of benzene rings is 1. The molecule has 1 saturated heterocycles. The molecule has 30 heavy (non-hydrogen) atoms. The molecule has 3 rings (SSSR count). The fraction of sp³-hybridized carbons (Fsp3) is 0.476. The van der Waals surface area contributed by atoms with Crippen molar-refractivity contribution in [3.05, 3.63) is 34.9 Å². The number of piperidine rings is 1. The van der Waals surface area contributed by atoms with Gasteiger partial charge in [-0.15, -0.1) is 0 Å². The minimum absolute atomic E-state index is 0.0604. The molecule has 1 aromatic carbocycles. The monoisotopic (exact) mass is 412 g/mol. The van der Waals surface area contributed by atoms with E-state index in [1.165, 1.54) is 17.0 Å². The Morgan fingerprint density at radius 2 is 1.90 bits per heavy atom. The Hall–Kier alpha value is -3.25. The van der Waals surface area contributed by atoms with Crippen LogP contribution in [0.3, 0.4) is 0 Å². The normalized spacial score (nSPS) is 16.4. The predicted molar refractivity (Wildman–Crippen MR) is 106 cm³/mol. The first kappa shape index (κ1) is 21.5. The van der Waals surface area contributed by atoms with Crippen LogP contribution in [0.5, 0.6) is 0 Å². The highest BCUT2D eigenvalue weighted by Gasteiger charge is 2.36. The number of likely N-dealkylation sites (tertiary alicyclic amines) is 1. The van der Waals surface area contributed by atoms with Crippen molar-refractivity contribution in [3.8, 4) is 6.07 Å². The zero-order valence-electron chi connectivity index (χ0n) is 16.8. The largest absolute Gasteiger partial charge is 0.385 e. The van der Waals surface area contributed by atoms with Crippen LogP contribution in [0.1, 0.15) is 56.8 Å². The van der Waals surface area contributed by atoms with Crippen LogP contribution in [0, 0.1) is 11.3 Å². The molecular weight excluding hydrogens is 388 g/mol. The third-order valence-corrected chi connectivity index (χ3v) is 5.33. The van der Waals surface area contributed by atoms with E-state index in [-0.39, 0.29) is 48.2 Å². The Morgan fingerprint density at radius 3 is 2.57 bits per heavy atom.